The zero-order chi connectivity index (χ0) is 18.7. The zero-order valence-corrected chi connectivity index (χ0v) is 16.2. The van der Waals surface area contributed by atoms with Crippen molar-refractivity contribution in [1.29, 1.82) is 0 Å². The molecule has 5 nitrogen and oxygen atoms in total. The summed E-state index contributed by atoms with van der Waals surface area (Å²) in [7, 11) is 1.67. The van der Waals surface area contributed by atoms with E-state index >= 15 is 0 Å². The number of ether oxygens (including phenoxy) is 1. The number of amides is 2. The summed E-state index contributed by atoms with van der Waals surface area (Å²) in [4.78, 5) is 29.0. The van der Waals surface area contributed by atoms with Gasteiger partial charge in [0.15, 0.2) is 0 Å². The molecule has 0 radical (unpaired) electrons. The van der Waals surface area contributed by atoms with Crippen molar-refractivity contribution in [2.75, 3.05) is 39.9 Å². The molecule has 1 aromatic rings. The van der Waals surface area contributed by atoms with Gasteiger partial charge >= 0.3 is 0 Å². The minimum Gasteiger partial charge on any atom is -0.383 e. The lowest BCUT2D eigenvalue weighted by molar-refractivity contribution is -0.139. The molecule has 1 aromatic carbocycles. The van der Waals surface area contributed by atoms with Crippen molar-refractivity contribution in [3.05, 3.63) is 34.9 Å². The number of rotatable bonds is 4. The molecule has 0 aromatic heterocycles. The fourth-order valence-electron chi connectivity index (χ4n) is 4.38. The third kappa shape index (κ3) is 4.09. The topological polar surface area (TPSA) is 49.9 Å². The number of carbonyl (C=O) groups is 2. The summed E-state index contributed by atoms with van der Waals surface area (Å²) >= 11 is 0. The predicted molar refractivity (Wildman–Crippen MR) is 101 cm³/mol. The van der Waals surface area contributed by atoms with E-state index in [0.29, 0.717) is 19.6 Å². The Balaban J connectivity index is 1.63. The van der Waals surface area contributed by atoms with Crippen LogP contribution in [-0.2, 0) is 9.53 Å². The first-order valence-electron chi connectivity index (χ1n) is 9.57. The van der Waals surface area contributed by atoms with Crippen molar-refractivity contribution < 1.29 is 14.3 Å². The minimum absolute atomic E-state index is 0.134. The van der Waals surface area contributed by atoms with Crippen LogP contribution in [0.25, 0.3) is 0 Å². The molecule has 2 aliphatic heterocycles. The highest BCUT2D eigenvalue weighted by molar-refractivity contribution is 5.94. The van der Waals surface area contributed by atoms with Gasteiger partial charge in [0.1, 0.15) is 0 Å². The number of hydrogen-bond acceptors (Lipinski definition) is 3. The van der Waals surface area contributed by atoms with E-state index in [1.807, 2.05) is 35.8 Å². The fraction of sp³-hybridized carbons (Fsp3) is 0.619. The molecule has 26 heavy (non-hydrogen) atoms. The van der Waals surface area contributed by atoms with Gasteiger partial charge in [0.05, 0.1) is 6.61 Å². The predicted octanol–water partition coefficient (Wildman–Crippen LogP) is 2.79. The molecule has 2 aliphatic rings. The SMILES string of the molecule is COCCN1CC2(CCC1=O)CCN(C(=O)c1cc(C)cc(C)c1)CC2. The first-order chi connectivity index (χ1) is 12.4. The van der Waals surface area contributed by atoms with Gasteiger partial charge in [-0.05, 0) is 50.7 Å². The number of piperidine rings is 2. The highest BCUT2D eigenvalue weighted by atomic mass is 16.5. The Kier molecular flexibility index (Phi) is 5.66. The van der Waals surface area contributed by atoms with Crippen molar-refractivity contribution >= 4 is 11.8 Å². The number of likely N-dealkylation sites (tertiary alicyclic amines) is 2. The Hall–Kier alpha value is -1.88. The second-order valence-electron chi connectivity index (χ2n) is 7.98. The normalized spacial score (nSPS) is 19.9. The van der Waals surface area contributed by atoms with Gasteiger partial charge in [0, 0.05) is 45.3 Å². The van der Waals surface area contributed by atoms with Crippen molar-refractivity contribution in [2.45, 2.75) is 39.5 Å². The Labute approximate surface area is 156 Å². The van der Waals surface area contributed by atoms with Crippen LogP contribution in [-0.4, -0.2) is 61.5 Å². The van der Waals surface area contributed by atoms with Crippen LogP contribution in [0.3, 0.4) is 0 Å². The number of benzene rings is 1. The summed E-state index contributed by atoms with van der Waals surface area (Å²) < 4.78 is 5.14. The summed E-state index contributed by atoms with van der Waals surface area (Å²) in [6.45, 7) is 7.67. The molecular weight excluding hydrogens is 328 g/mol. The molecule has 1 spiro atoms. The van der Waals surface area contributed by atoms with Gasteiger partial charge in [-0.1, -0.05) is 17.2 Å². The molecule has 0 saturated carbocycles. The van der Waals surface area contributed by atoms with Crippen molar-refractivity contribution in [1.82, 2.24) is 9.80 Å². The van der Waals surface area contributed by atoms with Gasteiger partial charge in [-0.2, -0.15) is 0 Å². The van der Waals surface area contributed by atoms with Crippen LogP contribution in [0, 0.1) is 19.3 Å². The first-order valence-corrected chi connectivity index (χ1v) is 9.57. The molecule has 142 valence electrons. The van der Waals surface area contributed by atoms with Gasteiger partial charge in [-0.25, -0.2) is 0 Å². The molecule has 0 N–H and O–H groups in total. The number of methoxy groups -OCH3 is 1. The Morgan fingerprint density at radius 3 is 2.38 bits per heavy atom. The van der Waals surface area contributed by atoms with Gasteiger partial charge in [-0.3, -0.25) is 9.59 Å². The van der Waals surface area contributed by atoms with Crippen LogP contribution in [0.2, 0.25) is 0 Å². The summed E-state index contributed by atoms with van der Waals surface area (Å²) in [5.41, 5.74) is 3.21. The van der Waals surface area contributed by atoms with Gasteiger partial charge in [-0.15, -0.1) is 0 Å². The van der Waals surface area contributed by atoms with Crippen LogP contribution < -0.4 is 0 Å². The molecule has 5 heteroatoms. The van der Waals surface area contributed by atoms with Crippen molar-refractivity contribution in [3.8, 4) is 0 Å². The summed E-state index contributed by atoms with van der Waals surface area (Å²) in [5.74, 6) is 0.371. The Morgan fingerprint density at radius 1 is 1.12 bits per heavy atom. The molecule has 0 atom stereocenters. The number of nitrogens with zero attached hydrogens (tertiary/aromatic N) is 2. The van der Waals surface area contributed by atoms with Crippen molar-refractivity contribution in [2.24, 2.45) is 5.41 Å². The first kappa shape index (κ1) is 18.9. The van der Waals surface area contributed by atoms with Gasteiger partial charge in [0.25, 0.3) is 5.91 Å². The van der Waals surface area contributed by atoms with E-state index in [1.165, 1.54) is 0 Å². The Morgan fingerprint density at radius 2 is 1.77 bits per heavy atom. The van der Waals surface area contributed by atoms with Crippen LogP contribution in [0.1, 0.15) is 47.2 Å². The van der Waals surface area contributed by atoms with Gasteiger partial charge < -0.3 is 14.5 Å². The second kappa shape index (κ2) is 7.78. The van der Waals surface area contributed by atoms with Gasteiger partial charge in [0.2, 0.25) is 5.91 Å². The lowest BCUT2D eigenvalue weighted by Crippen LogP contribution is -2.52. The molecule has 0 aliphatic carbocycles. The average Bonchev–Trinajstić information content (AvgIpc) is 2.62. The highest BCUT2D eigenvalue weighted by Gasteiger charge is 2.41. The van der Waals surface area contributed by atoms with E-state index in [-0.39, 0.29) is 17.2 Å². The van der Waals surface area contributed by atoms with Crippen molar-refractivity contribution in [3.63, 3.8) is 0 Å². The molecule has 2 heterocycles. The van der Waals surface area contributed by atoms with E-state index in [4.69, 9.17) is 4.74 Å². The average molecular weight is 358 g/mol. The molecule has 3 rings (SSSR count). The smallest absolute Gasteiger partial charge is 0.253 e. The highest BCUT2D eigenvalue weighted by Crippen LogP contribution is 2.40. The molecule has 0 unspecified atom stereocenters. The second-order valence-corrected chi connectivity index (χ2v) is 7.98. The molecular formula is C21H30N2O3. The monoisotopic (exact) mass is 358 g/mol. The largest absolute Gasteiger partial charge is 0.383 e. The van der Waals surface area contributed by atoms with E-state index < -0.39 is 0 Å². The van der Waals surface area contributed by atoms with E-state index in [1.54, 1.807) is 7.11 Å². The number of carbonyl (C=O) groups excluding carboxylic acids is 2. The summed E-state index contributed by atoms with van der Waals surface area (Å²) in [6.07, 6.45) is 3.51. The molecule has 2 fully saturated rings. The zero-order valence-electron chi connectivity index (χ0n) is 16.2. The maximum atomic E-state index is 12.9. The lowest BCUT2D eigenvalue weighted by Gasteiger charge is -2.47. The lowest BCUT2D eigenvalue weighted by atomic mass is 9.72. The molecule has 2 amide bonds. The third-order valence-electron chi connectivity index (χ3n) is 5.89. The van der Waals surface area contributed by atoms with Crippen LogP contribution in [0.5, 0.6) is 0 Å². The third-order valence-corrected chi connectivity index (χ3v) is 5.89. The standard InChI is InChI=1S/C21H30N2O3/c1-16-12-17(2)14-18(13-16)20(25)22-8-6-21(7-9-22)5-4-19(24)23(15-21)10-11-26-3/h12-14H,4-11,15H2,1-3H3. The minimum atomic E-state index is 0.134. The fourth-order valence-corrected chi connectivity index (χ4v) is 4.38. The number of aryl methyl sites for hydroxylation is 2. The maximum Gasteiger partial charge on any atom is 0.253 e. The molecule has 2 saturated heterocycles. The summed E-state index contributed by atoms with van der Waals surface area (Å²) in [5, 5.41) is 0. The Bertz CT molecular complexity index is 658. The molecule has 0 bridgehead atoms. The maximum absolute atomic E-state index is 12.9. The quantitative estimate of drug-likeness (QED) is 0.832. The van der Waals surface area contributed by atoms with Crippen LogP contribution in [0.4, 0.5) is 0 Å². The van der Waals surface area contributed by atoms with Crippen LogP contribution >= 0.6 is 0 Å². The van der Waals surface area contributed by atoms with Crippen LogP contribution in [0.15, 0.2) is 18.2 Å². The number of hydrogen-bond donors (Lipinski definition) is 0. The van der Waals surface area contributed by atoms with E-state index in [2.05, 4.69) is 6.07 Å². The van der Waals surface area contributed by atoms with E-state index in [0.717, 1.165) is 55.6 Å². The summed E-state index contributed by atoms with van der Waals surface area (Å²) in [6, 6.07) is 6.05. The van der Waals surface area contributed by atoms with E-state index in [9.17, 15) is 9.59 Å².